The molecular formula is C22H27Cl2FN4O2. The molecule has 1 aromatic heterocycles. The van der Waals surface area contributed by atoms with E-state index in [-0.39, 0.29) is 43.0 Å². The van der Waals surface area contributed by atoms with Gasteiger partial charge in [-0.25, -0.2) is 9.37 Å². The number of ether oxygens (including phenoxy) is 1. The maximum absolute atomic E-state index is 14.2. The van der Waals surface area contributed by atoms with Gasteiger partial charge in [-0.2, -0.15) is 0 Å². The topological polar surface area (TPSA) is 82.2 Å². The number of hydrogen-bond acceptors (Lipinski definition) is 4. The van der Waals surface area contributed by atoms with Gasteiger partial charge in [0.1, 0.15) is 11.6 Å². The van der Waals surface area contributed by atoms with Gasteiger partial charge < -0.3 is 20.4 Å². The molecule has 0 radical (unpaired) electrons. The van der Waals surface area contributed by atoms with Crippen LogP contribution in [0, 0.1) is 5.82 Å². The van der Waals surface area contributed by atoms with Crippen LogP contribution >= 0.6 is 24.8 Å². The molecular weight excluding hydrogens is 442 g/mol. The lowest BCUT2D eigenvalue weighted by molar-refractivity contribution is -0.117. The van der Waals surface area contributed by atoms with Gasteiger partial charge in [0.25, 0.3) is 0 Å². The lowest BCUT2D eigenvalue weighted by atomic mass is 10.1. The number of rotatable bonds is 8. The van der Waals surface area contributed by atoms with Gasteiger partial charge in [0.15, 0.2) is 0 Å². The second-order valence-corrected chi connectivity index (χ2v) is 7.13. The predicted octanol–water partition coefficient (Wildman–Crippen LogP) is 4.21. The van der Waals surface area contributed by atoms with Crippen LogP contribution in [0.2, 0.25) is 0 Å². The van der Waals surface area contributed by atoms with E-state index in [0.29, 0.717) is 18.0 Å². The molecule has 0 aliphatic carbocycles. The molecule has 3 rings (SSSR count). The Balaban J connectivity index is 0.00000240. The normalized spacial score (nSPS) is 11.3. The Morgan fingerprint density at radius 2 is 1.90 bits per heavy atom. The molecule has 0 saturated heterocycles. The van der Waals surface area contributed by atoms with E-state index in [1.807, 2.05) is 54.9 Å². The first-order chi connectivity index (χ1) is 13.9. The second kappa shape index (κ2) is 12.3. The first-order valence-electron chi connectivity index (χ1n) is 9.48. The molecule has 9 heteroatoms. The number of carbonyl (C=O) groups is 1. The van der Waals surface area contributed by atoms with Crippen molar-refractivity contribution >= 4 is 36.4 Å². The third-order valence-electron chi connectivity index (χ3n) is 4.23. The van der Waals surface area contributed by atoms with Crippen molar-refractivity contribution in [3.63, 3.8) is 0 Å². The summed E-state index contributed by atoms with van der Waals surface area (Å²) in [5.74, 6) is -0.640. The van der Waals surface area contributed by atoms with Crippen molar-refractivity contribution in [2.45, 2.75) is 39.0 Å². The molecule has 31 heavy (non-hydrogen) atoms. The van der Waals surface area contributed by atoms with E-state index >= 15 is 0 Å². The Bertz CT molecular complexity index is 967. The fourth-order valence-corrected chi connectivity index (χ4v) is 2.88. The van der Waals surface area contributed by atoms with E-state index in [9.17, 15) is 9.18 Å². The minimum Gasteiger partial charge on any atom is -0.491 e. The summed E-state index contributed by atoms with van der Waals surface area (Å²) in [5, 5.41) is 2.53. The molecule has 168 valence electrons. The van der Waals surface area contributed by atoms with Gasteiger partial charge in [-0.05, 0) is 31.5 Å². The van der Waals surface area contributed by atoms with Crippen LogP contribution in [-0.2, 0) is 17.8 Å². The van der Waals surface area contributed by atoms with Gasteiger partial charge in [0.2, 0.25) is 5.91 Å². The lowest BCUT2D eigenvalue weighted by Gasteiger charge is -2.14. The van der Waals surface area contributed by atoms with Gasteiger partial charge >= 0.3 is 0 Å². The van der Waals surface area contributed by atoms with Crippen LogP contribution in [0.5, 0.6) is 5.75 Å². The van der Waals surface area contributed by atoms with Crippen molar-refractivity contribution in [1.29, 1.82) is 0 Å². The molecule has 1 amide bonds. The van der Waals surface area contributed by atoms with Gasteiger partial charge in [-0.1, -0.05) is 30.3 Å². The number of hydrogen-bond donors (Lipinski definition) is 2. The van der Waals surface area contributed by atoms with Gasteiger partial charge in [-0.15, -0.1) is 24.8 Å². The van der Waals surface area contributed by atoms with Crippen molar-refractivity contribution in [3.05, 3.63) is 78.1 Å². The number of amides is 1. The number of nitrogens with zero attached hydrogens (tertiary/aromatic N) is 2. The van der Waals surface area contributed by atoms with Crippen molar-refractivity contribution < 1.29 is 13.9 Å². The number of nitrogens with one attached hydrogen (secondary N) is 1. The maximum Gasteiger partial charge on any atom is 0.241 e. The van der Waals surface area contributed by atoms with Crippen LogP contribution in [0.3, 0.4) is 0 Å². The van der Waals surface area contributed by atoms with E-state index in [1.54, 1.807) is 12.4 Å². The highest BCUT2D eigenvalue weighted by atomic mass is 35.5. The molecule has 6 nitrogen and oxygen atoms in total. The van der Waals surface area contributed by atoms with E-state index in [4.69, 9.17) is 10.5 Å². The number of nitrogens with two attached hydrogens (primary N) is 1. The molecule has 0 bridgehead atoms. The number of anilines is 1. The third kappa shape index (κ3) is 7.86. The SMILES string of the molecule is CC(C)Oc1ccc(NC(=O)[C@@H](N)Cc2cn(Cc3ccccc3)cn2)c(F)c1.Cl.Cl. The Hall–Kier alpha value is -2.61. The minimum absolute atomic E-state index is 0. The highest BCUT2D eigenvalue weighted by Crippen LogP contribution is 2.21. The third-order valence-corrected chi connectivity index (χ3v) is 4.23. The van der Waals surface area contributed by atoms with Crippen molar-refractivity contribution in [1.82, 2.24) is 9.55 Å². The smallest absolute Gasteiger partial charge is 0.241 e. The second-order valence-electron chi connectivity index (χ2n) is 7.13. The molecule has 3 aromatic rings. The molecule has 0 aliphatic heterocycles. The van der Waals surface area contributed by atoms with Crippen molar-refractivity contribution in [2.75, 3.05) is 5.32 Å². The lowest BCUT2D eigenvalue weighted by Crippen LogP contribution is -2.37. The molecule has 1 atom stereocenters. The molecule has 2 aromatic carbocycles. The molecule has 0 fully saturated rings. The summed E-state index contributed by atoms with van der Waals surface area (Å²) in [6.07, 6.45) is 3.76. The highest BCUT2D eigenvalue weighted by molar-refractivity contribution is 5.95. The monoisotopic (exact) mass is 468 g/mol. The minimum atomic E-state index is -0.846. The summed E-state index contributed by atoms with van der Waals surface area (Å²) >= 11 is 0. The largest absolute Gasteiger partial charge is 0.491 e. The average molecular weight is 469 g/mol. The van der Waals surface area contributed by atoms with E-state index in [0.717, 1.165) is 5.56 Å². The van der Waals surface area contributed by atoms with Gasteiger partial charge in [-0.3, -0.25) is 4.79 Å². The fraction of sp³-hybridized carbons (Fsp3) is 0.273. The zero-order valence-corrected chi connectivity index (χ0v) is 19.0. The van der Waals surface area contributed by atoms with E-state index in [2.05, 4.69) is 10.3 Å². The number of halogens is 3. The predicted molar refractivity (Wildman–Crippen MR) is 125 cm³/mol. The summed E-state index contributed by atoms with van der Waals surface area (Å²) in [6.45, 7) is 4.40. The Labute approximate surface area is 193 Å². The number of benzene rings is 2. The number of carbonyl (C=O) groups excluding carboxylic acids is 1. The van der Waals surface area contributed by atoms with Crippen LogP contribution in [-0.4, -0.2) is 27.6 Å². The summed E-state index contributed by atoms with van der Waals surface area (Å²) in [5.41, 5.74) is 7.91. The summed E-state index contributed by atoms with van der Waals surface area (Å²) < 4.78 is 21.6. The molecule has 0 spiro atoms. The highest BCUT2D eigenvalue weighted by Gasteiger charge is 2.17. The Morgan fingerprint density at radius 3 is 2.55 bits per heavy atom. The van der Waals surface area contributed by atoms with Crippen LogP contribution in [0.15, 0.2) is 61.1 Å². The molecule has 0 saturated carbocycles. The Kier molecular flexibility index (Phi) is 10.5. The summed E-state index contributed by atoms with van der Waals surface area (Å²) in [7, 11) is 0. The number of aromatic nitrogens is 2. The molecule has 0 unspecified atom stereocenters. The van der Waals surface area contributed by atoms with Gasteiger partial charge in [0, 0.05) is 25.2 Å². The Morgan fingerprint density at radius 1 is 1.19 bits per heavy atom. The first kappa shape index (κ1) is 26.4. The summed E-state index contributed by atoms with van der Waals surface area (Å²) in [6, 6.07) is 13.5. The first-order valence-corrected chi connectivity index (χ1v) is 9.48. The number of imidazole rings is 1. The zero-order valence-electron chi connectivity index (χ0n) is 17.3. The van der Waals surface area contributed by atoms with Crippen LogP contribution in [0.4, 0.5) is 10.1 Å². The summed E-state index contributed by atoms with van der Waals surface area (Å²) in [4.78, 5) is 16.7. The molecule has 0 aliphatic rings. The van der Waals surface area contributed by atoms with Crippen LogP contribution in [0.1, 0.15) is 25.1 Å². The maximum atomic E-state index is 14.2. The standard InChI is InChI=1S/C22H25FN4O2.2ClH/c1-15(2)29-18-8-9-21(19(23)11-18)26-22(28)20(24)10-17-13-27(14-25-17)12-16-6-4-3-5-7-16;;/h3-9,11,13-15,20H,10,12,24H2,1-2H3,(H,26,28);2*1H/t20-;;/m0../s1. The average Bonchev–Trinajstić information content (AvgIpc) is 3.11. The van der Waals surface area contributed by atoms with E-state index in [1.165, 1.54) is 12.1 Å². The zero-order chi connectivity index (χ0) is 20.8. The van der Waals surface area contributed by atoms with E-state index < -0.39 is 17.8 Å². The van der Waals surface area contributed by atoms with Crippen LogP contribution in [0.25, 0.3) is 0 Å². The van der Waals surface area contributed by atoms with Crippen LogP contribution < -0.4 is 15.8 Å². The fourth-order valence-electron chi connectivity index (χ4n) is 2.88. The molecule has 1 heterocycles. The van der Waals surface area contributed by atoms with Gasteiger partial charge in [0.05, 0.1) is 29.9 Å². The molecule has 3 N–H and O–H groups in total. The van der Waals surface area contributed by atoms with Crippen molar-refractivity contribution in [2.24, 2.45) is 5.73 Å². The quantitative estimate of drug-likeness (QED) is 0.518. The van der Waals surface area contributed by atoms with Crippen molar-refractivity contribution in [3.8, 4) is 5.75 Å².